The molecule has 2 N–H and O–H groups in total. The quantitative estimate of drug-likeness (QED) is 0.444. The molecule has 2 atom stereocenters. The fraction of sp³-hybridized carbons (Fsp3) is 1.00. The Kier molecular flexibility index (Phi) is 1.02. The van der Waals surface area contributed by atoms with Gasteiger partial charge in [-0.05, 0) is 25.4 Å². The van der Waals surface area contributed by atoms with Crippen molar-refractivity contribution >= 4 is 0 Å². The highest BCUT2D eigenvalue weighted by Gasteiger charge is 2.31. The van der Waals surface area contributed by atoms with Crippen molar-refractivity contribution in [1.82, 2.24) is 10.6 Å². The van der Waals surface area contributed by atoms with Crippen LogP contribution < -0.4 is 10.6 Å². The molecule has 0 amide bonds. The van der Waals surface area contributed by atoms with Gasteiger partial charge in [-0.3, -0.25) is 0 Å². The van der Waals surface area contributed by atoms with Crippen molar-refractivity contribution in [3.63, 3.8) is 0 Å². The zero-order chi connectivity index (χ0) is 5.40. The first-order valence-electron chi connectivity index (χ1n) is 3.41. The first kappa shape index (κ1) is 4.77. The molecule has 8 heavy (non-hydrogen) atoms. The van der Waals surface area contributed by atoms with Crippen LogP contribution in [-0.2, 0) is 0 Å². The lowest BCUT2D eigenvalue weighted by atomic mass is 9.86. The van der Waals surface area contributed by atoms with Crippen molar-refractivity contribution in [1.29, 1.82) is 0 Å². The summed E-state index contributed by atoms with van der Waals surface area (Å²) in [7, 11) is 0. The van der Waals surface area contributed by atoms with E-state index in [9.17, 15) is 0 Å². The lowest BCUT2D eigenvalue weighted by molar-refractivity contribution is 0.180. The minimum Gasteiger partial charge on any atom is -0.315 e. The van der Waals surface area contributed by atoms with Gasteiger partial charge in [0.15, 0.2) is 0 Å². The first-order chi connectivity index (χ1) is 3.97. The molecule has 1 unspecified atom stereocenters. The van der Waals surface area contributed by atoms with Crippen LogP contribution >= 0.6 is 0 Å². The molecule has 0 aromatic rings. The predicted octanol–water partition coefficient (Wildman–Crippen LogP) is -0.432. The molecule has 0 aromatic carbocycles. The van der Waals surface area contributed by atoms with E-state index < -0.39 is 0 Å². The molecule has 2 heteroatoms. The minimum atomic E-state index is 0.823. The standard InChI is InChI=1S/C6H12N2/c1-2-7-4-6-5(1)3-8-6/h5-8H,1-4H2/t5-,6?/m1/s1. The summed E-state index contributed by atoms with van der Waals surface area (Å²) >= 11 is 0. The summed E-state index contributed by atoms with van der Waals surface area (Å²) < 4.78 is 0. The van der Waals surface area contributed by atoms with Crippen molar-refractivity contribution in [2.75, 3.05) is 19.6 Å². The van der Waals surface area contributed by atoms with Gasteiger partial charge in [-0.1, -0.05) is 0 Å². The molecule has 0 radical (unpaired) electrons. The van der Waals surface area contributed by atoms with Gasteiger partial charge in [0.2, 0.25) is 0 Å². The van der Waals surface area contributed by atoms with E-state index >= 15 is 0 Å². The van der Waals surface area contributed by atoms with Gasteiger partial charge in [-0.15, -0.1) is 0 Å². The third-order valence-corrected chi connectivity index (χ3v) is 2.27. The van der Waals surface area contributed by atoms with Gasteiger partial charge in [0, 0.05) is 12.6 Å². The number of fused-ring (bicyclic) bond motifs is 1. The molecular weight excluding hydrogens is 100 g/mol. The van der Waals surface area contributed by atoms with Gasteiger partial charge < -0.3 is 10.6 Å². The van der Waals surface area contributed by atoms with E-state index in [0.29, 0.717) is 0 Å². The maximum atomic E-state index is 3.38. The number of rotatable bonds is 0. The second-order valence-corrected chi connectivity index (χ2v) is 2.77. The average molecular weight is 112 g/mol. The molecule has 2 fully saturated rings. The second kappa shape index (κ2) is 1.71. The van der Waals surface area contributed by atoms with Crippen LogP contribution in [0.4, 0.5) is 0 Å². The minimum absolute atomic E-state index is 0.823. The van der Waals surface area contributed by atoms with Gasteiger partial charge >= 0.3 is 0 Å². The summed E-state index contributed by atoms with van der Waals surface area (Å²) in [6, 6.07) is 0.823. The SMILES string of the molecule is C1C[C@@H]2CNC2CN1. The molecule has 0 aliphatic carbocycles. The topological polar surface area (TPSA) is 24.1 Å². The lowest BCUT2D eigenvalue weighted by Gasteiger charge is -2.41. The highest BCUT2D eigenvalue weighted by Crippen LogP contribution is 2.18. The molecule has 2 saturated heterocycles. The summed E-state index contributed by atoms with van der Waals surface area (Å²) in [5.41, 5.74) is 0. The maximum Gasteiger partial charge on any atom is 0.0233 e. The highest BCUT2D eigenvalue weighted by molar-refractivity contribution is 4.92. The van der Waals surface area contributed by atoms with E-state index in [0.717, 1.165) is 12.0 Å². The molecule has 2 rings (SSSR count). The largest absolute Gasteiger partial charge is 0.315 e. The molecule has 2 aliphatic heterocycles. The van der Waals surface area contributed by atoms with Crippen LogP contribution in [0.1, 0.15) is 6.42 Å². The fourth-order valence-electron chi connectivity index (χ4n) is 1.54. The van der Waals surface area contributed by atoms with Gasteiger partial charge in [-0.2, -0.15) is 0 Å². The van der Waals surface area contributed by atoms with Crippen molar-refractivity contribution < 1.29 is 0 Å². The summed E-state index contributed by atoms with van der Waals surface area (Å²) in [4.78, 5) is 0. The summed E-state index contributed by atoms with van der Waals surface area (Å²) in [6.45, 7) is 3.71. The Morgan fingerprint density at radius 1 is 1.25 bits per heavy atom. The van der Waals surface area contributed by atoms with Crippen molar-refractivity contribution in [3.8, 4) is 0 Å². The third kappa shape index (κ3) is 0.565. The van der Waals surface area contributed by atoms with E-state index in [-0.39, 0.29) is 0 Å². The molecule has 46 valence electrons. The van der Waals surface area contributed by atoms with Gasteiger partial charge in [0.05, 0.1) is 0 Å². The Morgan fingerprint density at radius 3 is 2.62 bits per heavy atom. The number of nitrogens with one attached hydrogen (secondary N) is 2. The van der Waals surface area contributed by atoms with Crippen LogP contribution in [0.5, 0.6) is 0 Å². The van der Waals surface area contributed by atoms with Crippen LogP contribution in [0.2, 0.25) is 0 Å². The molecule has 0 spiro atoms. The molecule has 2 nitrogen and oxygen atoms in total. The Labute approximate surface area is 49.7 Å². The van der Waals surface area contributed by atoms with Gasteiger partial charge in [0.25, 0.3) is 0 Å². The van der Waals surface area contributed by atoms with Crippen molar-refractivity contribution in [2.24, 2.45) is 5.92 Å². The smallest absolute Gasteiger partial charge is 0.0233 e. The Morgan fingerprint density at radius 2 is 2.25 bits per heavy atom. The summed E-state index contributed by atoms with van der Waals surface area (Å²) in [6.07, 6.45) is 1.39. The predicted molar refractivity (Wildman–Crippen MR) is 32.8 cm³/mol. The highest BCUT2D eigenvalue weighted by atomic mass is 15.1. The summed E-state index contributed by atoms with van der Waals surface area (Å²) in [5.74, 6) is 1.01. The summed E-state index contributed by atoms with van der Waals surface area (Å²) in [5, 5.41) is 6.74. The van der Waals surface area contributed by atoms with Crippen LogP contribution in [0.15, 0.2) is 0 Å². The number of hydrogen-bond acceptors (Lipinski definition) is 2. The Hall–Kier alpha value is -0.0800. The number of piperidine rings is 1. The van der Waals surface area contributed by atoms with E-state index in [1.807, 2.05) is 0 Å². The van der Waals surface area contributed by atoms with Crippen LogP contribution in [0.3, 0.4) is 0 Å². The van der Waals surface area contributed by atoms with Gasteiger partial charge in [0.1, 0.15) is 0 Å². The maximum absolute atomic E-state index is 3.38. The average Bonchev–Trinajstić information content (AvgIpc) is 1.72. The molecule has 0 saturated carbocycles. The molecule has 2 aliphatic rings. The van der Waals surface area contributed by atoms with Crippen LogP contribution in [0, 0.1) is 5.92 Å². The molecular formula is C6H12N2. The number of hydrogen-bond donors (Lipinski definition) is 2. The molecule has 0 aromatic heterocycles. The van der Waals surface area contributed by atoms with E-state index in [2.05, 4.69) is 10.6 Å². The van der Waals surface area contributed by atoms with E-state index in [1.165, 1.54) is 26.1 Å². The van der Waals surface area contributed by atoms with Crippen LogP contribution in [0.25, 0.3) is 0 Å². The van der Waals surface area contributed by atoms with Crippen LogP contribution in [-0.4, -0.2) is 25.7 Å². The Balaban J connectivity index is 1.92. The molecule has 0 bridgehead atoms. The molecule has 2 heterocycles. The first-order valence-corrected chi connectivity index (χ1v) is 3.41. The lowest BCUT2D eigenvalue weighted by Crippen LogP contribution is -2.61. The van der Waals surface area contributed by atoms with Gasteiger partial charge in [-0.25, -0.2) is 0 Å². The Bertz CT molecular complexity index is 80.5. The second-order valence-electron chi connectivity index (χ2n) is 2.77. The zero-order valence-corrected chi connectivity index (χ0v) is 4.98. The zero-order valence-electron chi connectivity index (χ0n) is 4.98. The van der Waals surface area contributed by atoms with Crippen molar-refractivity contribution in [3.05, 3.63) is 0 Å². The third-order valence-electron chi connectivity index (χ3n) is 2.27. The van der Waals surface area contributed by atoms with E-state index in [1.54, 1.807) is 0 Å². The van der Waals surface area contributed by atoms with Crippen molar-refractivity contribution in [2.45, 2.75) is 12.5 Å². The van der Waals surface area contributed by atoms with E-state index in [4.69, 9.17) is 0 Å². The fourth-order valence-corrected chi connectivity index (χ4v) is 1.54. The normalized spacial score (nSPS) is 45.0. The monoisotopic (exact) mass is 112 g/mol.